The van der Waals surface area contributed by atoms with Crippen LogP contribution < -0.4 is 55.2 Å². The zero-order valence-corrected chi connectivity index (χ0v) is 44.2. The zero-order valence-electron chi connectivity index (χ0n) is 39.2. The van der Waals surface area contributed by atoms with Crippen molar-refractivity contribution >= 4 is 35.7 Å². The van der Waals surface area contributed by atoms with Crippen molar-refractivity contribution in [3.05, 3.63) is 179 Å². The molecule has 330 valence electrons. The van der Waals surface area contributed by atoms with Crippen LogP contribution in [0.4, 0.5) is 0 Å². The van der Waals surface area contributed by atoms with Crippen LogP contribution in [0.15, 0.2) is 146 Å². The normalized spacial score (nSPS) is 12.6. The molecule has 0 aliphatic carbocycles. The SMILES string of the molecule is CC(C)(C)c1cc(C[P+](CC[P+](Cc2cc(C(C)(C)C)c(O)c(C(C)(C)C)c2)(c2ccccc2)c2ccccc2)(c2ccccc2)c2ccccc2)cc(C(C)(C)C)c1O.[Br-].[Br-]. The summed E-state index contributed by atoms with van der Waals surface area (Å²) < 4.78 is 0. The molecule has 0 aliphatic heterocycles. The number of hydrogen-bond acceptors (Lipinski definition) is 2. The second kappa shape index (κ2) is 19.9. The van der Waals surface area contributed by atoms with Crippen LogP contribution in [0.5, 0.6) is 11.5 Å². The summed E-state index contributed by atoms with van der Waals surface area (Å²) in [6, 6.07) is 54.7. The highest BCUT2D eigenvalue weighted by molar-refractivity contribution is 7.92. The average molecular weight is 997 g/mol. The van der Waals surface area contributed by atoms with Crippen LogP contribution in [-0.2, 0) is 34.0 Å². The number of rotatable bonds is 11. The highest BCUT2D eigenvalue weighted by Gasteiger charge is 2.51. The minimum Gasteiger partial charge on any atom is -1.00 e. The summed E-state index contributed by atoms with van der Waals surface area (Å²) in [4.78, 5) is 0. The van der Waals surface area contributed by atoms with E-state index >= 15 is 0 Å². The van der Waals surface area contributed by atoms with Gasteiger partial charge in [0.2, 0.25) is 0 Å². The maximum absolute atomic E-state index is 11.9. The van der Waals surface area contributed by atoms with Gasteiger partial charge in [0, 0.05) is 0 Å². The second-order valence-corrected chi connectivity index (χ2v) is 28.6. The van der Waals surface area contributed by atoms with Crippen molar-refractivity contribution in [1.29, 1.82) is 0 Å². The van der Waals surface area contributed by atoms with Gasteiger partial charge in [-0.15, -0.1) is 0 Å². The third-order valence-electron chi connectivity index (χ3n) is 12.3. The Labute approximate surface area is 397 Å². The molecule has 2 nitrogen and oxygen atoms in total. The van der Waals surface area contributed by atoms with Crippen LogP contribution in [0.25, 0.3) is 0 Å². The lowest BCUT2D eigenvalue weighted by Crippen LogP contribution is -3.00. The molecule has 0 bridgehead atoms. The Morgan fingerprint density at radius 3 is 0.710 bits per heavy atom. The topological polar surface area (TPSA) is 40.5 Å². The van der Waals surface area contributed by atoms with E-state index in [0.29, 0.717) is 11.5 Å². The van der Waals surface area contributed by atoms with Crippen LogP contribution >= 0.6 is 14.5 Å². The van der Waals surface area contributed by atoms with E-state index in [1.807, 2.05) is 0 Å². The van der Waals surface area contributed by atoms with Crippen LogP contribution in [0.1, 0.15) is 116 Å². The molecule has 0 saturated carbocycles. The lowest BCUT2D eigenvalue weighted by atomic mass is 9.78. The number of phenolic OH excluding ortho intramolecular Hbond substituents is 2. The fraction of sp³-hybridized carbons (Fsp3) is 0.357. The van der Waals surface area contributed by atoms with Gasteiger partial charge in [0.25, 0.3) is 0 Å². The van der Waals surface area contributed by atoms with Crippen molar-refractivity contribution < 1.29 is 44.2 Å². The molecule has 6 heteroatoms. The number of benzene rings is 6. The Bertz CT molecular complexity index is 2050. The molecule has 6 aromatic carbocycles. The van der Waals surface area contributed by atoms with Gasteiger partial charge in [-0.3, -0.25) is 0 Å². The first-order valence-corrected chi connectivity index (χ1v) is 26.1. The van der Waals surface area contributed by atoms with Gasteiger partial charge in [0.05, 0.1) is 48.1 Å². The Kier molecular flexibility index (Phi) is 16.5. The van der Waals surface area contributed by atoms with Crippen molar-refractivity contribution in [2.75, 3.05) is 12.3 Å². The van der Waals surface area contributed by atoms with Crippen LogP contribution in [0.2, 0.25) is 0 Å². The smallest absolute Gasteiger partial charge is 0.123 e. The van der Waals surface area contributed by atoms with Gasteiger partial charge in [-0.1, -0.05) is 156 Å². The number of phenols is 2. The van der Waals surface area contributed by atoms with Crippen molar-refractivity contribution in [1.82, 2.24) is 0 Å². The van der Waals surface area contributed by atoms with Gasteiger partial charge in [-0.05, 0) is 128 Å². The Hall–Kier alpha value is -3.26. The average Bonchev–Trinajstić information content (AvgIpc) is 3.19. The summed E-state index contributed by atoms with van der Waals surface area (Å²) >= 11 is 0. The van der Waals surface area contributed by atoms with E-state index in [0.717, 1.165) is 46.9 Å². The molecule has 0 aliphatic rings. The fourth-order valence-electron chi connectivity index (χ4n) is 9.01. The molecule has 0 spiro atoms. The predicted molar refractivity (Wildman–Crippen MR) is 266 cm³/mol. The van der Waals surface area contributed by atoms with Crippen molar-refractivity contribution in [3.8, 4) is 11.5 Å². The van der Waals surface area contributed by atoms with E-state index in [1.165, 1.54) is 32.3 Å². The Balaban J connectivity index is 0.00000422. The van der Waals surface area contributed by atoms with Crippen LogP contribution in [0, 0.1) is 0 Å². The van der Waals surface area contributed by atoms with Gasteiger partial charge in [-0.25, -0.2) is 0 Å². The van der Waals surface area contributed by atoms with Gasteiger partial charge in [0.15, 0.2) is 0 Å². The van der Waals surface area contributed by atoms with E-state index in [4.69, 9.17) is 0 Å². The van der Waals surface area contributed by atoms with Gasteiger partial charge in [-0.2, -0.15) is 0 Å². The zero-order chi connectivity index (χ0) is 43.7. The summed E-state index contributed by atoms with van der Waals surface area (Å²) in [5.41, 5.74) is 5.69. The van der Waals surface area contributed by atoms with E-state index in [2.05, 4.69) is 229 Å². The van der Waals surface area contributed by atoms with Crippen molar-refractivity contribution in [3.63, 3.8) is 0 Å². The summed E-state index contributed by atoms with van der Waals surface area (Å²) in [7, 11) is -4.40. The molecule has 0 amide bonds. The highest BCUT2D eigenvalue weighted by Crippen LogP contribution is 2.67. The number of aromatic hydroxyl groups is 2. The molecule has 0 unspecified atom stereocenters. The second-order valence-electron chi connectivity index (χ2n) is 21.1. The van der Waals surface area contributed by atoms with Crippen LogP contribution in [-0.4, -0.2) is 22.5 Å². The molecule has 0 saturated heterocycles. The monoisotopic (exact) mass is 994 g/mol. The van der Waals surface area contributed by atoms with E-state index in [1.54, 1.807) is 0 Å². The van der Waals surface area contributed by atoms with Gasteiger partial charge in [0.1, 0.15) is 23.8 Å². The third kappa shape index (κ3) is 11.2. The molecule has 0 atom stereocenters. The molecular formula is C56H70Br2O2P2. The molecule has 62 heavy (non-hydrogen) atoms. The Morgan fingerprint density at radius 2 is 0.532 bits per heavy atom. The fourth-order valence-corrected chi connectivity index (χ4v) is 19.0. The third-order valence-corrected chi connectivity index (χ3v) is 21.6. The van der Waals surface area contributed by atoms with Crippen molar-refractivity contribution in [2.45, 2.75) is 117 Å². The molecule has 6 rings (SSSR count). The molecule has 2 N–H and O–H groups in total. The van der Waals surface area contributed by atoms with E-state index in [-0.39, 0.29) is 55.6 Å². The Morgan fingerprint density at radius 1 is 0.339 bits per heavy atom. The maximum Gasteiger partial charge on any atom is 0.123 e. The highest BCUT2D eigenvalue weighted by atomic mass is 79.9. The molecule has 0 heterocycles. The lowest BCUT2D eigenvalue weighted by Gasteiger charge is -2.34. The first-order valence-electron chi connectivity index (χ1n) is 21.8. The van der Waals surface area contributed by atoms with Gasteiger partial charge < -0.3 is 44.2 Å². The summed E-state index contributed by atoms with van der Waals surface area (Å²) in [6.07, 6.45) is 3.79. The minimum atomic E-state index is -2.20. The van der Waals surface area contributed by atoms with E-state index < -0.39 is 14.5 Å². The number of halogens is 2. The molecular weight excluding hydrogens is 926 g/mol. The first-order chi connectivity index (χ1) is 28.1. The molecule has 0 aromatic heterocycles. The lowest BCUT2D eigenvalue weighted by molar-refractivity contribution is -0.00100. The molecule has 6 aromatic rings. The number of hydrogen-bond donors (Lipinski definition) is 2. The minimum absolute atomic E-state index is 0. The van der Waals surface area contributed by atoms with Gasteiger partial charge >= 0.3 is 0 Å². The molecule has 0 fully saturated rings. The van der Waals surface area contributed by atoms with Crippen molar-refractivity contribution in [2.24, 2.45) is 0 Å². The predicted octanol–water partition coefficient (Wildman–Crippen LogP) is 7.33. The standard InChI is InChI=1S/C56H68O2P2.2BrH/c1-53(2,3)47-35-41(36-48(51(47)57)54(4,5)6)39-59(43-25-17-13-18-26-43,44-27-19-14-20-28-44)33-34-60(45-29-21-15-22-30-45,46-31-23-16-24-32-46)40-42-37-49(55(7,8)9)52(58)50(38-42)56(10,11)12;;/h13-32,35-38H,33-34,39-40H2,1-12H3;2*1H. The largest absolute Gasteiger partial charge is 1.00 e. The van der Waals surface area contributed by atoms with E-state index in [9.17, 15) is 10.2 Å². The summed E-state index contributed by atoms with van der Waals surface area (Å²) in [5, 5.41) is 29.4. The quantitative estimate of drug-likeness (QED) is 0.134. The summed E-state index contributed by atoms with van der Waals surface area (Å²) in [6.45, 7) is 26.6. The summed E-state index contributed by atoms with van der Waals surface area (Å²) in [5.74, 6) is 0.858. The maximum atomic E-state index is 11.9. The van der Waals surface area contributed by atoms with Crippen LogP contribution in [0.3, 0.4) is 0 Å². The molecule has 0 radical (unpaired) electrons. The first kappa shape index (κ1) is 51.4.